The van der Waals surface area contributed by atoms with Crippen molar-refractivity contribution in [2.75, 3.05) is 11.9 Å². The Balaban J connectivity index is 2.31. The van der Waals surface area contributed by atoms with Gasteiger partial charge in [-0.05, 0) is 25.1 Å². The van der Waals surface area contributed by atoms with Crippen molar-refractivity contribution in [2.24, 2.45) is 0 Å². The summed E-state index contributed by atoms with van der Waals surface area (Å²) in [4.78, 5) is 6.89. The molecule has 0 aliphatic rings. The van der Waals surface area contributed by atoms with Crippen LogP contribution in [0.4, 0.5) is 18.9 Å². The number of aryl methyl sites for hydroxylation is 1. The monoisotopic (exact) mass is 311 g/mol. The van der Waals surface area contributed by atoms with Gasteiger partial charge in [-0.3, -0.25) is 0 Å². The molecule has 1 aromatic heterocycles. The van der Waals surface area contributed by atoms with E-state index in [1.165, 1.54) is 17.4 Å². The third-order valence-corrected chi connectivity index (χ3v) is 4.00. The number of anilines is 1. The van der Waals surface area contributed by atoms with Crippen LogP contribution < -0.4 is 4.90 Å². The summed E-state index contributed by atoms with van der Waals surface area (Å²) in [5.74, 6) is 0. The predicted molar refractivity (Wildman–Crippen MR) is 75.1 cm³/mol. The van der Waals surface area contributed by atoms with Crippen molar-refractivity contribution >= 4 is 17.0 Å². The lowest BCUT2D eigenvalue weighted by atomic mass is 10.1. The minimum atomic E-state index is -4.45. The number of hydrogen-bond acceptors (Lipinski definition) is 4. The molecule has 21 heavy (non-hydrogen) atoms. The number of nitriles is 1. The first-order valence-electron chi connectivity index (χ1n) is 6.04. The van der Waals surface area contributed by atoms with Crippen LogP contribution in [0.1, 0.15) is 21.7 Å². The maximum Gasteiger partial charge on any atom is 0.416 e. The van der Waals surface area contributed by atoms with Gasteiger partial charge in [0.1, 0.15) is 6.07 Å². The lowest BCUT2D eigenvalue weighted by molar-refractivity contribution is -0.137. The number of rotatable bonds is 3. The molecule has 0 aliphatic heterocycles. The molecule has 0 unspecified atom stereocenters. The van der Waals surface area contributed by atoms with E-state index >= 15 is 0 Å². The van der Waals surface area contributed by atoms with Gasteiger partial charge in [-0.1, -0.05) is 0 Å². The molecule has 2 aromatic rings. The van der Waals surface area contributed by atoms with Crippen LogP contribution in [0.25, 0.3) is 0 Å². The van der Waals surface area contributed by atoms with Crippen LogP contribution >= 0.6 is 11.3 Å². The van der Waals surface area contributed by atoms with E-state index < -0.39 is 11.7 Å². The molecule has 0 amide bonds. The normalized spacial score (nSPS) is 11.2. The number of aromatic nitrogens is 1. The second-order valence-corrected chi connectivity index (χ2v) is 5.50. The molecule has 0 spiro atoms. The minimum Gasteiger partial charge on any atom is -0.368 e. The molecule has 0 radical (unpaired) electrons. The van der Waals surface area contributed by atoms with Crippen LogP contribution in [0.2, 0.25) is 0 Å². The van der Waals surface area contributed by atoms with E-state index in [-0.39, 0.29) is 5.56 Å². The third-order valence-electron chi connectivity index (χ3n) is 3.08. The maximum absolute atomic E-state index is 12.7. The summed E-state index contributed by atoms with van der Waals surface area (Å²) in [6, 6.07) is 5.03. The van der Waals surface area contributed by atoms with Gasteiger partial charge in [0.05, 0.1) is 34.6 Å². The van der Waals surface area contributed by atoms with Crippen LogP contribution in [0, 0.1) is 18.3 Å². The molecule has 0 saturated carbocycles. The van der Waals surface area contributed by atoms with E-state index in [2.05, 4.69) is 4.98 Å². The fourth-order valence-corrected chi connectivity index (χ4v) is 2.74. The smallest absolute Gasteiger partial charge is 0.368 e. The topological polar surface area (TPSA) is 39.9 Å². The Kier molecular flexibility index (Phi) is 4.19. The fraction of sp³-hybridized carbons (Fsp3) is 0.286. The quantitative estimate of drug-likeness (QED) is 0.861. The first kappa shape index (κ1) is 15.3. The predicted octanol–water partition coefficient (Wildman–Crippen LogP) is 3.98. The molecule has 0 aliphatic carbocycles. The minimum absolute atomic E-state index is 0.00879. The van der Waals surface area contributed by atoms with Crippen molar-refractivity contribution < 1.29 is 13.2 Å². The first-order valence-corrected chi connectivity index (χ1v) is 6.92. The molecule has 1 aromatic carbocycles. The van der Waals surface area contributed by atoms with Gasteiger partial charge >= 0.3 is 6.18 Å². The standard InChI is InChI=1S/C14H12F3N3S/c1-9-13(21-8-19-9)7-20(2)12-4-3-11(14(15,16)17)5-10(12)6-18/h3-5,8H,7H2,1-2H3. The molecule has 0 N–H and O–H groups in total. The van der Waals surface area contributed by atoms with E-state index in [9.17, 15) is 13.2 Å². The van der Waals surface area contributed by atoms with Crippen molar-refractivity contribution in [3.63, 3.8) is 0 Å². The maximum atomic E-state index is 12.7. The average Bonchev–Trinajstić information content (AvgIpc) is 2.82. The van der Waals surface area contributed by atoms with Gasteiger partial charge in [-0.2, -0.15) is 18.4 Å². The number of benzene rings is 1. The zero-order chi connectivity index (χ0) is 15.6. The molecule has 7 heteroatoms. The Hall–Kier alpha value is -2.07. The van der Waals surface area contributed by atoms with Crippen LogP contribution in [0.15, 0.2) is 23.7 Å². The second kappa shape index (κ2) is 5.74. The number of hydrogen-bond donors (Lipinski definition) is 0. The Morgan fingerprint density at radius 3 is 2.62 bits per heavy atom. The molecular weight excluding hydrogens is 299 g/mol. The van der Waals surface area contributed by atoms with Crippen LogP contribution in [-0.2, 0) is 12.7 Å². The highest BCUT2D eigenvalue weighted by Crippen LogP contribution is 2.33. The lowest BCUT2D eigenvalue weighted by Crippen LogP contribution is -2.18. The molecular formula is C14H12F3N3S. The van der Waals surface area contributed by atoms with Gasteiger partial charge in [-0.25, -0.2) is 4.98 Å². The number of alkyl halides is 3. The third kappa shape index (κ3) is 3.34. The number of thiazole rings is 1. The number of halogens is 3. The van der Waals surface area contributed by atoms with Gasteiger partial charge in [0.25, 0.3) is 0 Å². The van der Waals surface area contributed by atoms with Crippen LogP contribution in [0.5, 0.6) is 0 Å². The van der Waals surface area contributed by atoms with E-state index in [1.807, 2.05) is 13.0 Å². The Bertz CT molecular complexity index is 686. The van der Waals surface area contributed by atoms with Crippen molar-refractivity contribution in [3.05, 3.63) is 45.4 Å². The molecule has 0 fully saturated rings. The summed E-state index contributed by atoms with van der Waals surface area (Å²) in [5, 5.41) is 9.08. The zero-order valence-electron chi connectivity index (χ0n) is 11.4. The number of nitrogens with zero attached hydrogens (tertiary/aromatic N) is 3. The summed E-state index contributed by atoms with van der Waals surface area (Å²) in [5.41, 5.74) is 2.27. The molecule has 3 nitrogen and oxygen atoms in total. The average molecular weight is 311 g/mol. The summed E-state index contributed by atoms with van der Waals surface area (Å²) >= 11 is 1.48. The Morgan fingerprint density at radius 2 is 2.10 bits per heavy atom. The van der Waals surface area contributed by atoms with Gasteiger partial charge in [0.15, 0.2) is 0 Å². The molecule has 0 saturated heterocycles. The van der Waals surface area contributed by atoms with Gasteiger partial charge in [0, 0.05) is 11.9 Å². The highest BCUT2D eigenvalue weighted by molar-refractivity contribution is 7.09. The first-order chi connectivity index (χ1) is 9.82. The van der Waals surface area contributed by atoms with E-state index in [0.29, 0.717) is 12.2 Å². The summed E-state index contributed by atoms with van der Waals surface area (Å²) in [7, 11) is 1.74. The highest BCUT2D eigenvalue weighted by atomic mass is 32.1. The molecule has 2 rings (SSSR count). The van der Waals surface area contributed by atoms with Crippen molar-refractivity contribution in [2.45, 2.75) is 19.6 Å². The van der Waals surface area contributed by atoms with E-state index in [1.54, 1.807) is 17.5 Å². The SMILES string of the molecule is Cc1ncsc1CN(C)c1ccc(C(F)(F)F)cc1C#N. The van der Waals surface area contributed by atoms with Crippen molar-refractivity contribution in [1.82, 2.24) is 4.98 Å². The van der Waals surface area contributed by atoms with Crippen LogP contribution in [-0.4, -0.2) is 12.0 Å². The van der Waals surface area contributed by atoms with E-state index in [0.717, 1.165) is 22.7 Å². The largest absolute Gasteiger partial charge is 0.416 e. The second-order valence-electron chi connectivity index (χ2n) is 4.56. The van der Waals surface area contributed by atoms with Crippen LogP contribution in [0.3, 0.4) is 0 Å². The fourth-order valence-electron chi connectivity index (χ4n) is 1.91. The van der Waals surface area contributed by atoms with Crippen molar-refractivity contribution in [3.8, 4) is 6.07 Å². The van der Waals surface area contributed by atoms with Gasteiger partial charge in [-0.15, -0.1) is 11.3 Å². The Morgan fingerprint density at radius 1 is 1.38 bits per heavy atom. The molecule has 110 valence electrons. The highest BCUT2D eigenvalue weighted by Gasteiger charge is 2.31. The molecule has 0 bridgehead atoms. The van der Waals surface area contributed by atoms with Gasteiger partial charge < -0.3 is 4.90 Å². The lowest BCUT2D eigenvalue weighted by Gasteiger charge is -2.21. The van der Waals surface area contributed by atoms with E-state index in [4.69, 9.17) is 5.26 Å². The Labute approximate surface area is 124 Å². The summed E-state index contributed by atoms with van der Waals surface area (Å²) in [6.07, 6.45) is -4.45. The molecule has 0 atom stereocenters. The molecule has 1 heterocycles. The summed E-state index contributed by atoms with van der Waals surface area (Å²) in [6.45, 7) is 2.37. The summed E-state index contributed by atoms with van der Waals surface area (Å²) < 4.78 is 38.0. The van der Waals surface area contributed by atoms with Crippen molar-refractivity contribution in [1.29, 1.82) is 5.26 Å². The van der Waals surface area contributed by atoms with Gasteiger partial charge in [0.2, 0.25) is 0 Å². The zero-order valence-corrected chi connectivity index (χ0v) is 12.2.